The van der Waals surface area contributed by atoms with Crippen LogP contribution in [-0.2, 0) is 9.53 Å². The highest BCUT2D eigenvalue weighted by Crippen LogP contribution is 2.33. The van der Waals surface area contributed by atoms with Crippen LogP contribution in [0.2, 0.25) is 0 Å². The quantitative estimate of drug-likeness (QED) is 0.814. The van der Waals surface area contributed by atoms with Crippen molar-refractivity contribution in [2.75, 3.05) is 19.7 Å². The first-order valence-corrected chi connectivity index (χ1v) is 6.66. The first-order chi connectivity index (χ1) is 8.07. The van der Waals surface area contributed by atoms with Crippen molar-refractivity contribution in [2.24, 2.45) is 5.41 Å². The third kappa shape index (κ3) is 2.47. The zero-order valence-corrected chi connectivity index (χ0v) is 10.8. The number of aliphatic carboxylic acids is 1. The molecule has 0 aromatic rings. The summed E-state index contributed by atoms with van der Waals surface area (Å²) in [5, 5.41) is 9.35. The number of fused-ring (bicyclic) bond motifs is 1. The first kappa shape index (κ1) is 12.8. The number of ether oxygens (including phenoxy) is 1. The number of rotatable bonds is 4. The Balaban J connectivity index is 2.04. The van der Waals surface area contributed by atoms with Gasteiger partial charge >= 0.3 is 5.97 Å². The lowest BCUT2D eigenvalue weighted by Gasteiger charge is -2.41. The number of morpholine rings is 1. The van der Waals surface area contributed by atoms with Gasteiger partial charge < -0.3 is 9.84 Å². The van der Waals surface area contributed by atoms with E-state index in [2.05, 4.69) is 4.90 Å². The molecule has 1 saturated heterocycles. The highest BCUT2D eigenvalue weighted by atomic mass is 16.5. The molecule has 1 heterocycles. The molecule has 3 unspecified atom stereocenters. The lowest BCUT2D eigenvalue weighted by atomic mass is 9.86. The Hall–Kier alpha value is -0.610. The van der Waals surface area contributed by atoms with Gasteiger partial charge in [-0.25, -0.2) is 0 Å². The van der Waals surface area contributed by atoms with E-state index >= 15 is 0 Å². The van der Waals surface area contributed by atoms with Crippen LogP contribution in [-0.4, -0.2) is 47.8 Å². The van der Waals surface area contributed by atoms with Gasteiger partial charge in [-0.2, -0.15) is 0 Å². The highest BCUT2D eigenvalue weighted by Gasteiger charge is 2.41. The molecule has 1 N–H and O–H groups in total. The number of carboxylic acids is 1. The number of hydrogen-bond donors (Lipinski definition) is 1. The minimum Gasteiger partial charge on any atom is -0.481 e. The van der Waals surface area contributed by atoms with E-state index in [-0.39, 0.29) is 0 Å². The van der Waals surface area contributed by atoms with Gasteiger partial charge in [-0.3, -0.25) is 9.69 Å². The maximum Gasteiger partial charge on any atom is 0.310 e. The fourth-order valence-corrected chi connectivity index (χ4v) is 2.98. The number of hydrogen-bond acceptors (Lipinski definition) is 3. The molecule has 0 aromatic carbocycles. The van der Waals surface area contributed by atoms with Gasteiger partial charge in [-0.1, -0.05) is 6.92 Å². The molecule has 2 rings (SSSR count). The van der Waals surface area contributed by atoms with E-state index in [0.717, 1.165) is 26.0 Å². The number of nitrogens with zero attached hydrogens (tertiary/aromatic N) is 1. The van der Waals surface area contributed by atoms with Crippen LogP contribution in [0, 0.1) is 5.41 Å². The average Bonchev–Trinajstić information content (AvgIpc) is 2.77. The zero-order chi connectivity index (χ0) is 12.5. The lowest BCUT2D eigenvalue weighted by molar-refractivity contribution is -0.151. The van der Waals surface area contributed by atoms with Crippen LogP contribution < -0.4 is 0 Å². The van der Waals surface area contributed by atoms with Gasteiger partial charge in [-0.15, -0.1) is 0 Å². The number of carboxylic acid groups (broad SMARTS) is 1. The van der Waals surface area contributed by atoms with Gasteiger partial charge in [0.2, 0.25) is 0 Å². The SMILES string of the molecule is CCC(C)(CN1CCOC2CCCC21)C(=O)O. The molecule has 0 bridgehead atoms. The van der Waals surface area contributed by atoms with E-state index in [0.29, 0.717) is 25.1 Å². The Morgan fingerprint density at radius 2 is 2.29 bits per heavy atom. The van der Waals surface area contributed by atoms with Crippen molar-refractivity contribution in [3.8, 4) is 0 Å². The van der Waals surface area contributed by atoms with Gasteiger partial charge in [0.25, 0.3) is 0 Å². The fourth-order valence-electron chi connectivity index (χ4n) is 2.98. The van der Waals surface area contributed by atoms with Crippen molar-refractivity contribution in [2.45, 2.75) is 51.7 Å². The van der Waals surface area contributed by atoms with Crippen molar-refractivity contribution in [1.29, 1.82) is 0 Å². The third-order valence-corrected chi connectivity index (χ3v) is 4.45. The van der Waals surface area contributed by atoms with Gasteiger partial charge in [0.1, 0.15) is 0 Å². The average molecular weight is 241 g/mol. The topological polar surface area (TPSA) is 49.8 Å². The van der Waals surface area contributed by atoms with Crippen molar-refractivity contribution in [3.05, 3.63) is 0 Å². The molecule has 4 heteroatoms. The van der Waals surface area contributed by atoms with Crippen LogP contribution in [0.5, 0.6) is 0 Å². The normalized spacial score (nSPS) is 33.1. The summed E-state index contributed by atoms with van der Waals surface area (Å²) in [6.45, 7) is 6.10. The van der Waals surface area contributed by atoms with Crippen LogP contribution in [0.4, 0.5) is 0 Å². The molecule has 4 nitrogen and oxygen atoms in total. The van der Waals surface area contributed by atoms with Gasteiger partial charge in [0.05, 0.1) is 18.1 Å². The largest absolute Gasteiger partial charge is 0.481 e. The van der Waals surface area contributed by atoms with E-state index in [1.807, 2.05) is 13.8 Å². The summed E-state index contributed by atoms with van der Waals surface area (Å²) in [5.74, 6) is -0.680. The standard InChI is InChI=1S/C13H23NO3/c1-3-13(2,12(15)16)9-14-7-8-17-11-6-4-5-10(11)14/h10-11H,3-9H2,1-2H3,(H,15,16). The smallest absolute Gasteiger partial charge is 0.310 e. The molecule has 1 aliphatic heterocycles. The van der Waals surface area contributed by atoms with Gasteiger partial charge in [-0.05, 0) is 32.6 Å². The zero-order valence-electron chi connectivity index (χ0n) is 10.8. The molecule has 1 saturated carbocycles. The second-order valence-corrected chi connectivity index (χ2v) is 5.60. The van der Waals surface area contributed by atoms with Crippen LogP contribution in [0.25, 0.3) is 0 Å². The molecule has 3 atom stereocenters. The van der Waals surface area contributed by atoms with Crippen molar-refractivity contribution < 1.29 is 14.6 Å². The van der Waals surface area contributed by atoms with E-state index < -0.39 is 11.4 Å². The fraction of sp³-hybridized carbons (Fsp3) is 0.923. The molecular weight excluding hydrogens is 218 g/mol. The Labute approximate surface area is 103 Å². The Morgan fingerprint density at radius 3 is 2.94 bits per heavy atom. The summed E-state index contributed by atoms with van der Waals surface area (Å²) in [4.78, 5) is 13.7. The second-order valence-electron chi connectivity index (χ2n) is 5.60. The van der Waals surface area contributed by atoms with E-state index in [1.165, 1.54) is 6.42 Å². The van der Waals surface area contributed by atoms with Gasteiger partial charge in [0, 0.05) is 19.1 Å². The molecule has 17 heavy (non-hydrogen) atoms. The molecule has 0 amide bonds. The number of carbonyl (C=O) groups is 1. The predicted molar refractivity (Wildman–Crippen MR) is 65.0 cm³/mol. The molecule has 1 aliphatic carbocycles. The van der Waals surface area contributed by atoms with Crippen LogP contribution in [0.15, 0.2) is 0 Å². The molecule has 98 valence electrons. The second kappa shape index (κ2) is 4.94. The van der Waals surface area contributed by atoms with Crippen LogP contribution >= 0.6 is 0 Å². The van der Waals surface area contributed by atoms with Crippen molar-refractivity contribution in [1.82, 2.24) is 4.90 Å². The summed E-state index contributed by atoms with van der Waals surface area (Å²) >= 11 is 0. The predicted octanol–water partition coefficient (Wildman–Crippen LogP) is 1.74. The molecule has 2 fully saturated rings. The minimum absolute atomic E-state index is 0.346. The summed E-state index contributed by atoms with van der Waals surface area (Å²) in [5.41, 5.74) is -0.621. The molecular formula is C13H23NO3. The summed E-state index contributed by atoms with van der Waals surface area (Å²) in [6.07, 6.45) is 4.53. The molecule has 2 aliphatic rings. The maximum absolute atomic E-state index is 11.4. The summed E-state index contributed by atoms with van der Waals surface area (Å²) in [7, 11) is 0. The van der Waals surface area contributed by atoms with Crippen LogP contribution in [0.3, 0.4) is 0 Å². The molecule has 0 radical (unpaired) electrons. The van der Waals surface area contributed by atoms with Crippen molar-refractivity contribution in [3.63, 3.8) is 0 Å². The monoisotopic (exact) mass is 241 g/mol. The first-order valence-electron chi connectivity index (χ1n) is 6.66. The Kier molecular flexibility index (Phi) is 3.73. The highest BCUT2D eigenvalue weighted by molar-refractivity contribution is 5.74. The maximum atomic E-state index is 11.4. The Morgan fingerprint density at radius 1 is 1.53 bits per heavy atom. The third-order valence-electron chi connectivity index (χ3n) is 4.45. The van der Waals surface area contributed by atoms with Gasteiger partial charge in [0.15, 0.2) is 0 Å². The minimum atomic E-state index is -0.680. The lowest BCUT2D eigenvalue weighted by Crippen LogP contribution is -2.53. The molecule has 0 spiro atoms. The van der Waals surface area contributed by atoms with E-state index in [1.54, 1.807) is 0 Å². The van der Waals surface area contributed by atoms with E-state index in [4.69, 9.17) is 4.74 Å². The van der Waals surface area contributed by atoms with E-state index in [9.17, 15) is 9.90 Å². The van der Waals surface area contributed by atoms with Crippen molar-refractivity contribution >= 4 is 5.97 Å². The molecule has 0 aromatic heterocycles. The Bertz CT molecular complexity index is 294. The van der Waals surface area contributed by atoms with Crippen LogP contribution in [0.1, 0.15) is 39.5 Å². The summed E-state index contributed by atoms with van der Waals surface area (Å²) < 4.78 is 5.75. The summed E-state index contributed by atoms with van der Waals surface area (Å²) in [6, 6.07) is 0.453.